The number of benzene rings is 1. The highest BCUT2D eigenvalue weighted by molar-refractivity contribution is 5.29. The second-order valence-corrected chi connectivity index (χ2v) is 4.94. The number of nitriles is 1. The lowest BCUT2D eigenvalue weighted by Gasteiger charge is -2.34. The zero-order chi connectivity index (χ0) is 15.5. The second kappa shape index (κ2) is 6.41. The van der Waals surface area contributed by atoms with Gasteiger partial charge in [-0.15, -0.1) is 0 Å². The van der Waals surface area contributed by atoms with E-state index in [1.807, 2.05) is 11.0 Å². The molecule has 0 aromatic heterocycles. The maximum Gasteiger partial charge on any atom is 0.416 e. The van der Waals surface area contributed by atoms with E-state index in [2.05, 4.69) is 5.32 Å². The highest BCUT2D eigenvalue weighted by Gasteiger charge is 2.33. The first-order chi connectivity index (χ1) is 9.91. The van der Waals surface area contributed by atoms with Crippen molar-refractivity contribution in [1.82, 2.24) is 10.2 Å². The molecule has 1 aliphatic heterocycles. The molecule has 1 aromatic carbocycles. The van der Waals surface area contributed by atoms with Gasteiger partial charge in [-0.25, -0.2) is 4.39 Å². The summed E-state index contributed by atoms with van der Waals surface area (Å²) in [6, 6.07) is 3.95. The van der Waals surface area contributed by atoms with E-state index in [1.165, 1.54) is 0 Å². The monoisotopic (exact) mass is 301 g/mol. The van der Waals surface area contributed by atoms with Gasteiger partial charge < -0.3 is 5.32 Å². The van der Waals surface area contributed by atoms with Crippen LogP contribution in [-0.4, -0.2) is 31.1 Å². The van der Waals surface area contributed by atoms with Gasteiger partial charge in [0.15, 0.2) is 0 Å². The first-order valence-corrected chi connectivity index (χ1v) is 6.61. The lowest BCUT2D eigenvalue weighted by atomic mass is 9.99. The van der Waals surface area contributed by atoms with Crippen LogP contribution in [-0.2, 0) is 6.18 Å². The third-order valence-electron chi connectivity index (χ3n) is 3.51. The molecule has 0 amide bonds. The van der Waals surface area contributed by atoms with Gasteiger partial charge in [0.2, 0.25) is 0 Å². The fourth-order valence-corrected chi connectivity index (χ4v) is 2.51. The lowest BCUT2D eigenvalue weighted by molar-refractivity contribution is -0.137. The molecule has 0 bridgehead atoms. The summed E-state index contributed by atoms with van der Waals surface area (Å²) >= 11 is 0. The molecule has 1 N–H and O–H groups in total. The van der Waals surface area contributed by atoms with Crippen molar-refractivity contribution in [3.8, 4) is 6.07 Å². The first kappa shape index (κ1) is 15.7. The van der Waals surface area contributed by atoms with Gasteiger partial charge in [-0.1, -0.05) is 0 Å². The summed E-state index contributed by atoms with van der Waals surface area (Å²) in [4.78, 5) is 1.91. The first-order valence-electron chi connectivity index (χ1n) is 6.61. The van der Waals surface area contributed by atoms with Gasteiger partial charge in [0.25, 0.3) is 0 Å². The number of nitrogens with zero attached hydrogens (tertiary/aromatic N) is 2. The minimum absolute atomic E-state index is 0.0285. The van der Waals surface area contributed by atoms with Crippen LogP contribution < -0.4 is 5.32 Å². The minimum atomic E-state index is -4.60. The van der Waals surface area contributed by atoms with E-state index in [4.69, 9.17) is 5.26 Å². The molecular formula is C14H15F4N3. The Hall–Kier alpha value is -1.65. The van der Waals surface area contributed by atoms with Crippen molar-refractivity contribution < 1.29 is 17.6 Å². The Labute approximate surface area is 120 Å². The summed E-state index contributed by atoms with van der Waals surface area (Å²) in [7, 11) is 0. The van der Waals surface area contributed by atoms with Crippen molar-refractivity contribution in [3.63, 3.8) is 0 Å². The van der Waals surface area contributed by atoms with Crippen LogP contribution in [0.3, 0.4) is 0 Å². The van der Waals surface area contributed by atoms with E-state index in [1.54, 1.807) is 0 Å². The molecule has 1 aromatic rings. The molecule has 3 nitrogen and oxygen atoms in total. The average Bonchev–Trinajstić information content (AvgIpc) is 2.44. The standard InChI is InChI=1S/C14H15F4N3/c15-12-8-10(7-11(9-12)14(16,17)18)13(1-2-19)21-5-3-20-4-6-21/h7-9,13,20H,1,3-6H2/t13-/m1/s1. The van der Waals surface area contributed by atoms with Crippen LogP contribution in [0.4, 0.5) is 17.6 Å². The second-order valence-electron chi connectivity index (χ2n) is 4.94. The Morgan fingerprint density at radius 1 is 1.24 bits per heavy atom. The van der Waals surface area contributed by atoms with Crippen LogP contribution in [0.5, 0.6) is 0 Å². The fraction of sp³-hybridized carbons (Fsp3) is 0.500. The normalized spacial score (nSPS) is 18.2. The smallest absolute Gasteiger partial charge is 0.314 e. The average molecular weight is 301 g/mol. The zero-order valence-corrected chi connectivity index (χ0v) is 11.3. The maximum absolute atomic E-state index is 13.5. The van der Waals surface area contributed by atoms with Crippen molar-refractivity contribution in [2.75, 3.05) is 26.2 Å². The molecule has 0 spiro atoms. The Morgan fingerprint density at radius 2 is 1.90 bits per heavy atom. The highest BCUT2D eigenvalue weighted by Crippen LogP contribution is 2.33. The third kappa shape index (κ3) is 3.93. The predicted octanol–water partition coefficient (Wildman–Crippen LogP) is 2.70. The van der Waals surface area contributed by atoms with Crippen molar-refractivity contribution in [3.05, 3.63) is 35.1 Å². The van der Waals surface area contributed by atoms with Gasteiger partial charge in [0.1, 0.15) is 5.82 Å². The molecule has 0 radical (unpaired) electrons. The van der Waals surface area contributed by atoms with Gasteiger partial charge in [0, 0.05) is 32.2 Å². The van der Waals surface area contributed by atoms with Crippen LogP contribution in [0.2, 0.25) is 0 Å². The summed E-state index contributed by atoms with van der Waals surface area (Å²) < 4.78 is 51.9. The van der Waals surface area contributed by atoms with Crippen LogP contribution in [0, 0.1) is 17.1 Å². The SMILES string of the molecule is N#CC[C@H](c1cc(F)cc(C(F)(F)F)c1)N1CCNCC1. The molecule has 1 atom stereocenters. The summed E-state index contributed by atoms with van der Waals surface area (Å²) in [5.74, 6) is -0.933. The topological polar surface area (TPSA) is 39.1 Å². The molecule has 114 valence electrons. The lowest BCUT2D eigenvalue weighted by Crippen LogP contribution is -2.45. The molecule has 0 saturated carbocycles. The van der Waals surface area contributed by atoms with Gasteiger partial charge >= 0.3 is 6.18 Å². The fourth-order valence-electron chi connectivity index (χ4n) is 2.51. The number of nitrogens with one attached hydrogen (secondary N) is 1. The van der Waals surface area contributed by atoms with E-state index in [0.29, 0.717) is 32.2 Å². The number of hydrogen-bond donors (Lipinski definition) is 1. The van der Waals surface area contributed by atoms with Crippen molar-refractivity contribution >= 4 is 0 Å². The van der Waals surface area contributed by atoms with E-state index in [-0.39, 0.29) is 12.0 Å². The summed E-state index contributed by atoms with van der Waals surface area (Å²) in [6.07, 6.45) is -4.57. The highest BCUT2D eigenvalue weighted by atomic mass is 19.4. The molecule has 21 heavy (non-hydrogen) atoms. The van der Waals surface area contributed by atoms with E-state index in [9.17, 15) is 17.6 Å². The number of alkyl halides is 3. The molecule has 0 unspecified atom stereocenters. The minimum Gasteiger partial charge on any atom is -0.314 e. The summed E-state index contributed by atoms with van der Waals surface area (Å²) in [6.45, 7) is 2.63. The van der Waals surface area contributed by atoms with Crippen LogP contribution in [0.25, 0.3) is 0 Å². The number of piperazine rings is 1. The number of halogens is 4. The van der Waals surface area contributed by atoms with Crippen LogP contribution in [0.1, 0.15) is 23.6 Å². The van der Waals surface area contributed by atoms with Crippen molar-refractivity contribution in [2.24, 2.45) is 0 Å². The molecule has 7 heteroatoms. The predicted molar refractivity (Wildman–Crippen MR) is 68.8 cm³/mol. The summed E-state index contributed by atoms with van der Waals surface area (Å²) in [5, 5.41) is 12.1. The largest absolute Gasteiger partial charge is 0.416 e. The maximum atomic E-state index is 13.5. The van der Waals surface area contributed by atoms with Gasteiger partial charge in [-0.2, -0.15) is 18.4 Å². The Bertz CT molecular complexity index is 530. The van der Waals surface area contributed by atoms with E-state index < -0.39 is 23.6 Å². The number of hydrogen-bond acceptors (Lipinski definition) is 3. The molecular weight excluding hydrogens is 286 g/mol. The number of rotatable bonds is 3. The van der Waals surface area contributed by atoms with E-state index in [0.717, 1.165) is 12.1 Å². The molecule has 1 heterocycles. The van der Waals surface area contributed by atoms with Crippen LogP contribution >= 0.6 is 0 Å². The van der Waals surface area contributed by atoms with Gasteiger partial charge in [-0.05, 0) is 23.8 Å². The third-order valence-corrected chi connectivity index (χ3v) is 3.51. The Morgan fingerprint density at radius 3 is 2.48 bits per heavy atom. The molecule has 1 saturated heterocycles. The van der Waals surface area contributed by atoms with Crippen LogP contribution in [0.15, 0.2) is 18.2 Å². The Balaban J connectivity index is 2.35. The molecule has 1 aliphatic rings. The van der Waals surface area contributed by atoms with Gasteiger partial charge in [0.05, 0.1) is 18.1 Å². The molecule has 1 fully saturated rings. The molecule has 2 rings (SSSR count). The quantitative estimate of drug-likeness (QED) is 0.873. The van der Waals surface area contributed by atoms with Gasteiger partial charge in [-0.3, -0.25) is 4.90 Å². The van der Waals surface area contributed by atoms with Crippen molar-refractivity contribution in [2.45, 2.75) is 18.6 Å². The van der Waals surface area contributed by atoms with Crippen molar-refractivity contribution in [1.29, 1.82) is 5.26 Å². The summed E-state index contributed by atoms with van der Waals surface area (Å²) in [5.41, 5.74) is -0.818. The Kier molecular flexibility index (Phi) is 4.80. The molecule has 0 aliphatic carbocycles. The zero-order valence-electron chi connectivity index (χ0n) is 11.3. The van der Waals surface area contributed by atoms with E-state index >= 15 is 0 Å².